The average Bonchev–Trinajstić information content (AvgIpc) is 2.18. The second-order valence-corrected chi connectivity index (χ2v) is 3.13. The first-order valence-electron chi connectivity index (χ1n) is 4.77. The molecule has 0 bridgehead atoms. The smallest absolute Gasteiger partial charge is 0.306 e. The number of hydrogen-bond acceptors (Lipinski definition) is 2. The number of hydrogen-bond donors (Lipinski definition) is 1. The topological polar surface area (TPSA) is 46.5 Å². The summed E-state index contributed by atoms with van der Waals surface area (Å²) in [5.41, 5.74) is 1.11. The molecule has 0 heterocycles. The van der Waals surface area contributed by atoms with E-state index < -0.39 is 5.97 Å². The molecule has 0 saturated heterocycles. The number of aliphatic carboxylic acids is 1. The van der Waals surface area contributed by atoms with E-state index in [1.165, 1.54) is 0 Å². The predicted molar refractivity (Wildman–Crippen MR) is 58.1 cm³/mol. The van der Waals surface area contributed by atoms with Gasteiger partial charge in [-0.05, 0) is 24.1 Å². The van der Waals surface area contributed by atoms with Crippen LogP contribution in [0.1, 0.15) is 12.0 Å². The molecule has 80 valence electrons. The Labute approximate surface area is 89.0 Å². The Kier molecular flexibility index (Phi) is 4.41. The first-order valence-corrected chi connectivity index (χ1v) is 4.77. The molecular weight excluding hydrogens is 192 g/mol. The number of allylic oxidation sites excluding steroid dienone is 1. The van der Waals surface area contributed by atoms with Crippen molar-refractivity contribution in [3.05, 3.63) is 42.5 Å². The van der Waals surface area contributed by atoms with Crippen LogP contribution in [-0.4, -0.2) is 17.7 Å². The van der Waals surface area contributed by atoms with E-state index in [0.29, 0.717) is 5.75 Å². The van der Waals surface area contributed by atoms with Crippen molar-refractivity contribution >= 4 is 5.97 Å². The molecular formula is C12H14O3. The van der Waals surface area contributed by atoms with Crippen LogP contribution in [0.2, 0.25) is 0 Å². The first-order chi connectivity index (χ1) is 7.22. The van der Waals surface area contributed by atoms with Crippen molar-refractivity contribution in [2.45, 2.75) is 12.8 Å². The molecule has 0 aliphatic carbocycles. The Morgan fingerprint density at radius 3 is 3.00 bits per heavy atom. The summed E-state index contributed by atoms with van der Waals surface area (Å²) in [5, 5.41) is 8.44. The zero-order valence-corrected chi connectivity index (χ0v) is 8.48. The van der Waals surface area contributed by atoms with Gasteiger partial charge in [-0.2, -0.15) is 0 Å². The van der Waals surface area contributed by atoms with E-state index in [1.54, 1.807) is 0 Å². The van der Waals surface area contributed by atoms with Crippen LogP contribution >= 0.6 is 0 Å². The van der Waals surface area contributed by atoms with Gasteiger partial charge in [-0.3, -0.25) is 4.79 Å². The minimum atomic E-state index is -0.850. The van der Waals surface area contributed by atoms with Gasteiger partial charge in [-0.25, -0.2) is 0 Å². The molecule has 0 aromatic heterocycles. The fourth-order valence-electron chi connectivity index (χ4n) is 1.19. The molecule has 3 nitrogen and oxygen atoms in total. The Morgan fingerprint density at radius 1 is 1.53 bits per heavy atom. The highest BCUT2D eigenvalue weighted by Gasteiger charge is 1.99. The second kappa shape index (κ2) is 5.86. The van der Waals surface area contributed by atoms with Crippen LogP contribution in [-0.2, 0) is 11.2 Å². The third-order valence-corrected chi connectivity index (χ3v) is 1.86. The lowest BCUT2D eigenvalue weighted by Gasteiger charge is -2.05. The van der Waals surface area contributed by atoms with Gasteiger partial charge in [0.05, 0.1) is 13.0 Å². The van der Waals surface area contributed by atoms with Crippen molar-refractivity contribution < 1.29 is 14.6 Å². The Morgan fingerprint density at radius 2 is 2.33 bits per heavy atom. The largest absolute Gasteiger partial charge is 0.493 e. The van der Waals surface area contributed by atoms with E-state index in [1.807, 2.05) is 30.3 Å². The van der Waals surface area contributed by atoms with Crippen LogP contribution in [0.25, 0.3) is 0 Å². The molecule has 0 unspecified atom stereocenters. The molecule has 3 heteroatoms. The maximum atomic E-state index is 10.3. The van der Waals surface area contributed by atoms with Crippen LogP contribution in [0.15, 0.2) is 36.9 Å². The van der Waals surface area contributed by atoms with Gasteiger partial charge >= 0.3 is 5.97 Å². The van der Waals surface area contributed by atoms with Crippen molar-refractivity contribution in [1.82, 2.24) is 0 Å². The summed E-state index contributed by atoms with van der Waals surface area (Å²) in [4.78, 5) is 10.3. The average molecular weight is 206 g/mol. The summed E-state index contributed by atoms with van der Waals surface area (Å²) in [7, 11) is 0. The zero-order valence-electron chi connectivity index (χ0n) is 8.48. The Hall–Kier alpha value is -1.77. The van der Waals surface area contributed by atoms with Crippen molar-refractivity contribution in [1.29, 1.82) is 0 Å². The van der Waals surface area contributed by atoms with E-state index in [-0.39, 0.29) is 13.0 Å². The van der Waals surface area contributed by atoms with Crippen molar-refractivity contribution in [2.75, 3.05) is 6.61 Å². The molecule has 0 aliphatic heterocycles. The number of carbonyl (C=O) groups is 1. The van der Waals surface area contributed by atoms with Crippen molar-refractivity contribution in [3.8, 4) is 5.75 Å². The molecule has 0 atom stereocenters. The Bertz CT molecular complexity index is 344. The molecule has 1 aromatic carbocycles. The van der Waals surface area contributed by atoms with Gasteiger partial charge in [0.2, 0.25) is 0 Å². The summed E-state index contributed by atoms with van der Waals surface area (Å²) in [6.07, 6.45) is 2.62. The molecule has 15 heavy (non-hydrogen) atoms. The fourth-order valence-corrected chi connectivity index (χ4v) is 1.19. The summed E-state index contributed by atoms with van der Waals surface area (Å²) in [6.45, 7) is 3.85. The number of ether oxygens (including phenoxy) is 1. The zero-order chi connectivity index (χ0) is 11.1. The number of benzene rings is 1. The third-order valence-electron chi connectivity index (χ3n) is 1.86. The lowest BCUT2D eigenvalue weighted by Crippen LogP contribution is -2.04. The highest BCUT2D eigenvalue weighted by molar-refractivity contribution is 5.66. The molecule has 0 radical (unpaired) electrons. The van der Waals surface area contributed by atoms with E-state index >= 15 is 0 Å². The predicted octanol–water partition coefficient (Wildman–Crippen LogP) is 2.27. The van der Waals surface area contributed by atoms with Crippen LogP contribution in [0.3, 0.4) is 0 Å². The van der Waals surface area contributed by atoms with Gasteiger partial charge in [0.15, 0.2) is 0 Å². The number of rotatable bonds is 6. The summed E-state index contributed by atoms with van der Waals surface area (Å²) >= 11 is 0. The van der Waals surface area contributed by atoms with Gasteiger partial charge < -0.3 is 9.84 Å². The molecule has 0 spiro atoms. The van der Waals surface area contributed by atoms with Gasteiger partial charge in [0.25, 0.3) is 0 Å². The minimum absolute atomic E-state index is 0.0195. The van der Waals surface area contributed by atoms with Crippen LogP contribution < -0.4 is 4.74 Å². The Balaban J connectivity index is 2.49. The number of carboxylic acids is 1. The van der Waals surface area contributed by atoms with Crippen molar-refractivity contribution in [2.24, 2.45) is 0 Å². The summed E-state index contributed by atoms with van der Waals surface area (Å²) < 4.78 is 5.29. The third kappa shape index (κ3) is 4.31. The fraction of sp³-hybridized carbons (Fsp3) is 0.250. The van der Waals surface area contributed by atoms with Gasteiger partial charge in [-0.1, -0.05) is 18.2 Å². The van der Waals surface area contributed by atoms with Crippen LogP contribution in [0, 0.1) is 0 Å². The van der Waals surface area contributed by atoms with Gasteiger partial charge in [0.1, 0.15) is 5.75 Å². The molecule has 0 amide bonds. The van der Waals surface area contributed by atoms with E-state index in [9.17, 15) is 4.79 Å². The SMILES string of the molecule is C=CCc1cccc(OCCC(=O)O)c1. The molecule has 0 saturated carbocycles. The van der Waals surface area contributed by atoms with Gasteiger partial charge in [0, 0.05) is 0 Å². The van der Waals surface area contributed by atoms with Crippen LogP contribution in [0.4, 0.5) is 0 Å². The highest BCUT2D eigenvalue weighted by atomic mass is 16.5. The monoisotopic (exact) mass is 206 g/mol. The van der Waals surface area contributed by atoms with Gasteiger partial charge in [-0.15, -0.1) is 6.58 Å². The molecule has 1 aromatic rings. The maximum absolute atomic E-state index is 10.3. The highest BCUT2D eigenvalue weighted by Crippen LogP contribution is 2.14. The number of carboxylic acid groups (broad SMARTS) is 1. The molecule has 1 rings (SSSR count). The normalized spacial score (nSPS) is 9.60. The maximum Gasteiger partial charge on any atom is 0.306 e. The molecule has 0 aliphatic rings. The summed E-state index contributed by atoms with van der Waals surface area (Å²) in [5.74, 6) is -0.146. The molecule has 1 N–H and O–H groups in total. The lowest BCUT2D eigenvalue weighted by molar-refractivity contribution is -0.137. The van der Waals surface area contributed by atoms with E-state index in [4.69, 9.17) is 9.84 Å². The summed E-state index contributed by atoms with van der Waals surface area (Å²) in [6, 6.07) is 7.57. The standard InChI is InChI=1S/C12H14O3/c1-2-4-10-5-3-6-11(9-10)15-8-7-12(13)14/h2-3,5-6,9H,1,4,7-8H2,(H,13,14). The second-order valence-electron chi connectivity index (χ2n) is 3.13. The van der Waals surface area contributed by atoms with Crippen LogP contribution in [0.5, 0.6) is 5.75 Å². The van der Waals surface area contributed by atoms with E-state index in [2.05, 4.69) is 6.58 Å². The lowest BCUT2D eigenvalue weighted by atomic mass is 10.1. The van der Waals surface area contributed by atoms with E-state index in [0.717, 1.165) is 12.0 Å². The quantitative estimate of drug-likeness (QED) is 0.726. The minimum Gasteiger partial charge on any atom is -0.493 e. The molecule has 0 fully saturated rings. The van der Waals surface area contributed by atoms with Crippen molar-refractivity contribution in [3.63, 3.8) is 0 Å². The first kappa shape index (κ1) is 11.3.